The highest BCUT2D eigenvalue weighted by Crippen LogP contribution is 2.33. The van der Waals surface area contributed by atoms with Crippen molar-refractivity contribution < 1.29 is 4.79 Å². The predicted molar refractivity (Wildman–Crippen MR) is 125 cm³/mol. The summed E-state index contributed by atoms with van der Waals surface area (Å²) in [5.41, 5.74) is 4.75. The molecule has 0 saturated carbocycles. The number of halogens is 1. The minimum absolute atomic E-state index is 0.254. The maximum absolute atomic E-state index is 13.1. The van der Waals surface area contributed by atoms with Gasteiger partial charge < -0.3 is 5.32 Å². The molecule has 5 rings (SSSR count). The molecule has 1 N–H and O–H groups in total. The number of para-hydroxylation sites is 3. The van der Waals surface area contributed by atoms with Gasteiger partial charge in [0, 0.05) is 10.6 Å². The second-order valence-corrected chi connectivity index (χ2v) is 7.74. The summed E-state index contributed by atoms with van der Waals surface area (Å²) >= 11 is 5.96. The summed E-state index contributed by atoms with van der Waals surface area (Å²) in [6, 6.07) is 24.0. The second-order valence-electron chi connectivity index (χ2n) is 7.30. The van der Waals surface area contributed by atoms with Crippen LogP contribution in [0.25, 0.3) is 27.9 Å². The van der Waals surface area contributed by atoms with E-state index in [4.69, 9.17) is 21.6 Å². The predicted octanol–water partition coefficient (Wildman–Crippen LogP) is 5.66. The number of hydrogen-bond acceptors (Lipinski definition) is 4. The van der Waals surface area contributed by atoms with E-state index in [1.165, 1.54) is 0 Å². The SMILES string of the molecule is Cc1ccccc1-n1c(NC(=O)c2ccc(Cl)cc2)c(C#N)c2nc3ccccc3nc21. The number of aryl methyl sites for hydroxylation is 1. The van der Waals surface area contributed by atoms with Gasteiger partial charge in [-0.25, -0.2) is 9.97 Å². The van der Waals surface area contributed by atoms with Crippen LogP contribution >= 0.6 is 11.6 Å². The first kappa shape index (κ1) is 19.7. The lowest BCUT2D eigenvalue weighted by molar-refractivity contribution is 0.102. The van der Waals surface area contributed by atoms with Gasteiger partial charge in [-0.1, -0.05) is 41.9 Å². The largest absolute Gasteiger partial charge is 0.306 e. The van der Waals surface area contributed by atoms with Crippen molar-refractivity contribution in [3.05, 3.63) is 94.5 Å². The molecular weight excluding hydrogens is 422 g/mol. The third-order valence-electron chi connectivity index (χ3n) is 5.27. The van der Waals surface area contributed by atoms with E-state index in [2.05, 4.69) is 11.4 Å². The number of fused-ring (bicyclic) bond motifs is 2. The zero-order valence-electron chi connectivity index (χ0n) is 17.0. The first-order valence-electron chi connectivity index (χ1n) is 9.91. The molecule has 0 atom stereocenters. The van der Waals surface area contributed by atoms with Crippen LogP contribution in [0.5, 0.6) is 0 Å². The number of benzene rings is 3. The normalized spacial score (nSPS) is 10.9. The number of nitriles is 1. The van der Waals surface area contributed by atoms with Gasteiger partial charge in [0.05, 0.1) is 16.7 Å². The second kappa shape index (κ2) is 7.80. The first-order valence-corrected chi connectivity index (χ1v) is 10.3. The first-order chi connectivity index (χ1) is 15.6. The fourth-order valence-electron chi connectivity index (χ4n) is 3.70. The third kappa shape index (κ3) is 3.25. The van der Waals surface area contributed by atoms with Gasteiger partial charge in [0.2, 0.25) is 0 Å². The summed E-state index contributed by atoms with van der Waals surface area (Å²) in [7, 11) is 0. The van der Waals surface area contributed by atoms with Crippen LogP contribution in [0.15, 0.2) is 72.8 Å². The van der Waals surface area contributed by atoms with Gasteiger partial charge in [0.25, 0.3) is 5.91 Å². The van der Waals surface area contributed by atoms with E-state index in [0.717, 1.165) is 11.3 Å². The minimum Gasteiger partial charge on any atom is -0.306 e. The van der Waals surface area contributed by atoms with Crippen LogP contribution in [0.1, 0.15) is 21.5 Å². The molecular formula is C25H16ClN5O. The maximum atomic E-state index is 13.1. The Morgan fingerprint density at radius 1 is 0.969 bits per heavy atom. The Labute approximate surface area is 188 Å². The van der Waals surface area contributed by atoms with E-state index in [1.54, 1.807) is 28.8 Å². The molecule has 0 fully saturated rings. The fraction of sp³-hybridized carbons (Fsp3) is 0.0400. The highest BCUT2D eigenvalue weighted by Gasteiger charge is 2.24. The van der Waals surface area contributed by atoms with Gasteiger partial charge in [-0.15, -0.1) is 0 Å². The van der Waals surface area contributed by atoms with Crippen molar-refractivity contribution in [2.75, 3.05) is 5.32 Å². The Morgan fingerprint density at radius 3 is 2.31 bits per heavy atom. The summed E-state index contributed by atoms with van der Waals surface area (Å²) in [4.78, 5) is 22.6. The summed E-state index contributed by atoms with van der Waals surface area (Å²) in [5.74, 6) is -0.0348. The molecule has 0 unspecified atom stereocenters. The van der Waals surface area contributed by atoms with Crippen LogP contribution in [-0.4, -0.2) is 20.4 Å². The third-order valence-corrected chi connectivity index (χ3v) is 5.52. The van der Waals surface area contributed by atoms with Crippen LogP contribution in [-0.2, 0) is 0 Å². The Morgan fingerprint density at radius 2 is 1.62 bits per heavy atom. The van der Waals surface area contributed by atoms with E-state index in [-0.39, 0.29) is 11.5 Å². The summed E-state index contributed by atoms with van der Waals surface area (Å²) in [6.45, 7) is 1.96. The highest BCUT2D eigenvalue weighted by atomic mass is 35.5. The molecule has 2 heterocycles. The molecule has 0 aliphatic rings. The number of anilines is 1. The van der Waals surface area contributed by atoms with E-state index in [1.807, 2.05) is 55.5 Å². The van der Waals surface area contributed by atoms with E-state index in [0.29, 0.717) is 38.6 Å². The molecule has 7 heteroatoms. The van der Waals surface area contributed by atoms with Crippen molar-refractivity contribution in [3.63, 3.8) is 0 Å². The topological polar surface area (TPSA) is 83.6 Å². The summed E-state index contributed by atoms with van der Waals surface area (Å²) in [5, 5.41) is 13.5. The molecule has 6 nitrogen and oxygen atoms in total. The number of carbonyl (C=O) groups is 1. The van der Waals surface area contributed by atoms with Gasteiger partial charge in [-0.05, 0) is 55.0 Å². The molecule has 3 aromatic carbocycles. The number of nitrogens with one attached hydrogen (secondary N) is 1. The Bertz CT molecular complexity index is 1550. The summed E-state index contributed by atoms with van der Waals surface area (Å²) in [6.07, 6.45) is 0. The lowest BCUT2D eigenvalue weighted by Crippen LogP contribution is -2.16. The standard InChI is InChI=1S/C25H16ClN5O/c1-15-6-2-5-9-21(15)31-23(30-25(32)16-10-12-17(26)13-11-16)18(14-27)22-24(31)29-20-8-4-3-7-19(20)28-22/h2-13H,1H3,(H,30,32). The summed E-state index contributed by atoms with van der Waals surface area (Å²) < 4.78 is 1.79. The molecule has 154 valence electrons. The van der Waals surface area contributed by atoms with Crippen molar-refractivity contribution in [2.45, 2.75) is 6.92 Å². The van der Waals surface area contributed by atoms with Crippen molar-refractivity contribution in [1.29, 1.82) is 5.26 Å². The molecule has 0 aliphatic carbocycles. The van der Waals surface area contributed by atoms with Crippen LogP contribution < -0.4 is 5.32 Å². The van der Waals surface area contributed by atoms with Crippen LogP contribution in [0.2, 0.25) is 5.02 Å². The number of carbonyl (C=O) groups excluding carboxylic acids is 1. The zero-order chi connectivity index (χ0) is 22.2. The molecule has 0 aliphatic heterocycles. The monoisotopic (exact) mass is 437 g/mol. The lowest BCUT2D eigenvalue weighted by atomic mass is 10.2. The molecule has 0 spiro atoms. The number of hydrogen-bond donors (Lipinski definition) is 1. The Hall–Kier alpha value is -4.21. The van der Waals surface area contributed by atoms with Gasteiger partial charge in [0.15, 0.2) is 5.65 Å². The van der Waals surface area contributed by atoms with Crippen molar-refractivity contribution in [2.24, 2.45) is 0 Å². The quantitative estimate of drug-likeness (QED) is 0.394. The molecule has 2 aromatic heterocycles. The van der Waals surface area contributed by atoms with Gasteiger partial charge in [-0.3, -0.25) is 9.36 Å². The van der Waals surface area contributed by atoms with Crippen LogP contribution in [0.3, 0.4) is 0 Å². The van der Waals surface area contributed by atoms with Gasteiger partial charge in [0.1, 0.15) is 23.0 Å². The maximum Gasteiger partial charge on any atom is 0.256 e. The van der Waals surface area contributed by atoms with Gasteiger partial charge >= 0.3 is 0 Å². The molecule has 1 amide bonds. The smallest absolute Gasteiger partial charge is 0.256 e. The van der Waals surface area contributed by atoms with E-state index < -0.39 is 0 Å². The number of nitrogens with zero attached hydrogens (tertiary/aromatic N) is 4. The number of rotatable bonds is 3. The van der Waals surface area contributed by atoms with Crippen molar-refractivity contribution in [3.8, 4) is 11.8 Å². The molecule has 0 saturated heterocycles. The molecule has 32 heavy (non-hydrogen) atoms. The van der Waals surface area contributed by atoms with Crippen molar-refractivity contribution in [1.82, 2.24) is 14.5 Å². The average Bonchev–Trinajstić information content (AvgIpc) is 3.09. The molecule has 0 bridgehead atoms. The number of amides is 1. The van der Waals surface area contributed by atoms with E-state index >= 15 is 0 Å². The van der Waals surface area contributed by atoms with Crippen LogP contribution in [0, 0.1) is 18.3 Å². The minimum atomic E-state index is -0.361. The van der Waals surface area contributed by atoms with E-state index in [9.17, 15) is 10.1 Å². The average molecular weight is 438 g/mol. The zero-order valence-corrected chi connectivity index (χ0v) is 17.8. The highest BCUT2D eigenvalue weighted by molar-refractivity contribution is 6.30. The van der Waals surface area contributed by atoms with Crippen molar-refractivity contribution >= 4 is 45.5 Å². The lowest BCUT2D eigenvalue weighted by Gasteiger charge is -2.14. The van der Waals surface area contributed by atoms with Crippen LogP contribution in [0.4, 0.5) is 5.82 Å². The Kier molecular flexibility index (Phi) is 4.81. The number of aromatic nitrogens is 3. The molecule has 0 radical (unpaired) electrons. The molecule has 5 aromatic rings. The fourth-order valence-corrected chi connectivity index (χ4v) is 3.82. The van der Waals surface area contributed by atoms with Gasteiger partial charge in [-0.2, -0.15) is 5.26 Å². The Balaban J connectivity index is 1.80.